The molecule has 2 amide bonds. The van der Waals surface area contributed by atoms with E-state index in [0.29, 0.717) is 17.1 Å². The monoisotopic (exact) mass is 344 g/mol. The molecule has 6 nitrogen and oxygen atoms in total. The number of amides is 2. The van der Waals surface area contributed by atoms with Gasteiger partial charge in [-0.25, -0.2) is 8.42 Å². The molecule has 1 aliphatic heterocycles. The lowest BCUT2D eigenvalue weighted by atomic mass is 10.1. The van der Waals surface area contributed by atoms with Gasteiger partial charge in [0.15, 0.2) is 9.84 Å². The molecule has 0 unspecified atom stereocenters. The highest BCUT2D eigenvalue weighted by Gasteiger charge is 2.34. The second-order valence-electron chi connectivity index (χ2n) is 5.32. The zero-order chi connectivity index (χ0) is 16.3. The topological polar surface area (TPSA) is 83.6 Å². The number of rotatable bonds is 4. The number of sulfone groups is 1. The van der Waals surface area contributed by atoms with Crippen LogP contribution in [0.5, 0.6) is 0 Å². The zero-order valence-electron chi connectivity index (χ0n) is 12.1. The van der Waals surface area contributed by atoms with Crippen LogP contribution in [0, 0.1) is 5.92 Å². The van der Waals surface area contributed by atoms with Crippen LogP contribution in [0.15, 0.2) is 24.3 Å². The van der Waals surface area contributed by atoms with Gasteiger partial charge in [0.1, 0.15) is 0 Å². The van der Waals surface area contributed by atoms with Gasteiger partial charge < -0.3 is 10.2 Å². The smallest absolute Gasteiger partial charge is 0.244 e. The first kappa shape index (κ1) is 16.8. The number of hydrogen-bond acceptors (Lipinski definition) is 4. The van der Waals surface area contributed by atoms with Crippen molar-refractivity contribution in [1.82, 2.24) is 4.90 Å². The Bertz CT molecular complexity index is 690. The second-order valence-corrected chi connectivity index (χ2v) is 7.96. The van der Waals surface area contributed by atoms with Crippen LogP contribution < -0.4 is 5.32 Å². The van der Waals surface area contributed by atoms with Crippen LogP contribution in [0.25, 0.3) is 0 Å². The van der Waals surface area contributed by atoms with E-state index in [1.807, 2.05) is 0 Å². The fraction of sp³-hybridized carbons (Fsp3) is 0.429. The van der Waals surface area contributed by atoms with Crippen LogP contribution >= 0.6 is 11.6 Å². The summed E-state index contributed by atoms with van der Waals surface area (Å²) in [6.07, 6.45) is 0.317. The van der Waals surface area contributed by atoms with E-state index in [1.54, 1.807) is 24.3 Å². The van der Waals surface area contributed by atoms with Crippen LogP contribution in [-0.2, 0) is 19.4 Å². The number of nitrogens with zero attached hydrogens (tertiary/aromatic N) is 1. The summed E-state index contributed by atoms with van der Waals surface area (Å²) in [4.78, 5) is 25.3. The van der Waals surface area contributed by atoms with E-state index in [9.17, 15) is 18.0 Å². The number of likely N-dealkylation sites (N-methyl/N-ethyl adjacent to an activating group) is 1. The normalized spacial score (nSPS) is 19.6. The van der Waals surface area contributed by atoms with Crippen molar-refractivity contribution >= 4 is 38.9 Å². The van der Waals surface area contributed by atoms with Crippen molar-refractivity contribution in [3.8, 4) is 0 Å². The molecule has 0 bridgehead atoms. The summed E-state index contributed by atoms with van der Waals surface area (Å²) < 4.78 is 22.8. The van der Waals surface area contributed by atoms with Crippen molar-refractivity contribution in [2.75, 3.05) is 30.4 Å². The lowest BCUT2D eigenvalue weighted by molar-refractivity contribution is -0.136. The van der Waals surface area contributed by atoms with Crippen LogP contribution in [-0.4, -0.2) is 50.2 Å². The molecule has 1 atom stereocenters. The Morgan fingerprint density at radius 2 is 2.05 bits per heavy atom. The summed E-state index contributed by atoms with van der Waals surface area (Å²) in [5, 5.41) is 3.03. The maximum atomic E-state index is 12.1. The number of carbonyl (C=O) groups excluding carboxylic acids is 2. The van der Waals surface area contributed by atoms with Gasteiger partial charge in [0, 0.05) is 7.05 Å². The highest BCUT2D eigenvalue weighted by Crippen LogP contribution is 2.21. The quantitative estimate of drug-likeness (QED) is 0.888. The third-order valence-electron chi connectivity index (χ3n) is 3.49. The molecular weight excluding hydrogens is 328 g/mol. The van der Waals surface area contributed by atoms with E-state index in [4.69, 9.17) is 11.6 Å². The second kappa shape index (κ2) is 6.66. The van der Waals surface area contributed by atoms with Gasteiger partial charge in [-0.15, -0.1) is 0 Å². The number of carbonyl (C=O) groups is 2. The Balaban J connectivity index is 1.91. The fourth-order valence-electron chi connectivity index (χ4n) is 2.35. The molecule has 0 spiro atoms. The van der Waals surface area contributed by atoms with Gasteiger partial charge in [0.25, 0.3) is 0 Å². The summed E-state index contributed by atoms with van der Waals surface area (Å²) in [6.45, 7) is -0.152. The molecule has 1 N–H and O–H groups in total. The average molecular weight is 345 g/mol. The van der Waals surface area contributed by atoms with Gasteiger partial charge >= 0.3 is 0 Å². The average Bonchev–Trinajstić information content (AvgIpc) is 2.80. The first-order valence-electron chi connectivity index (χ1n) is 6.78. The molecule has 1 saturated heterocycles. The first-order chi connectivity index (χ1) is 10.3. The zero-order valence-corrected chi connectivity index (χ0v) is 13.7. The van der Waals surface area contributed by atoms with E-state index >= 15 is 0 Å². The highest BCUT2D eigenvalue weighted by molar-refractivity contribution is 7.91. The van der Waals surface area contributed by atoms with Gasteiger partial charge in [-0.2, -0.15) is 0 Å². The Morgan fingerprint density at radius 3 is 2.64 bits per heavy atom. The lowest BCUT2D eigenvalue weighted by Gasteiger charge is -2.20. The largest absolute Gasteiger partial charge is 0.336 e. The maximum absolute atomic E-state index is 12.1. The minimum atomic E-state index is -3.12. The molecule has 0 aromatic heterocycles. The number of nitrogens with one attached hydrogen (secondary N) is 1. The molecule has 1 aromatic rings. The molecule has 22 heavy (non-hydrogen) atoms. The molecule has 1 fully saturated rings. The van der Waals surface area contributed by atoms with Crippen molar-refractivity contribution in [3.05, 3.63) is 29.3 Å². The molecule has 1 aliphatic rings. The van der Waals surface area contributed by atoms with E-state index in [0.717, 1.165) is 0 Å². The van der Waals surface area contributed by atoms with Gasteiger partial charge in [-0.05, 0) is 18.6 Å². The Hall–Kier alpha value is -1.60. The van der Waals surface area contributed by atoms with Gasteiger partial charge in [0.05, 0.1) is 34.7 Å². The molecule has 0 saturated carbocycles. The van der Waals surface area contributed by atoms with Gasteiger partial charge in [-0.3, -0.25) is 9.59 Å². The summed E-state index contributed by atoms with van der Waals surface area (Å²) in [5.74, 6) is -1.37. The van der Waals surface area contributed by atoms with Crippen molar-refractivity contribution in [2.24, 2.45) is 5.92 Å². The standard InChI is InChI=1S/C14H17ClN2O4S/c1-17(14(19)10-6-7-22(20,21)9-10)8-13(18)16-12-5-3-2-4-11(12)15/h2-5,10H,6-9H2,1H3,(H,16,18)/t10-/m0/s1. The van der Waals surface area contributed by atoms with Crippen molar-refractivity contribution in [3.63, 3.8) is 0 Å². The Morgan fingerprint density at radius 1 is 1.36 bits per heavy atom. The SMILES string of the molecule is CN(CC(=O)Nc1ccccc1Cl)C(=O)[C@H]1CCS(=O)(=O)C1. The van der Waals surface area contributed by atoms with E-state index < -0.39 is 15.8 Å². The van der Waals surface area contributed by atoms with Crippen molar-refractivity contribution < 1.29 is 18.0 Å². The number of para-hydroxylation sites is 1. The van der Waals surface area contributed by atoms with E-state index in [-0.39, 0.29) is 29.9 Å². The Kier molecular flexibility index (Phi) is 5.08. The highest BCUT2D eigenvalue weighted by atomic mass is 35.5. The van der Waals surface area contributed by atoms with E-state index in [2.05, 4.69) is 5.32 Å². The first-order valence-corrected chi connectivity index (χ1v) is 8.98. The molecule has 1 aromatic carbocycles. The van der Waals surface area contributed by atoms with Crippen LogP contribution in [0.4, 0.5) is 5.69 Å². The minimum absolute atomic E-state index is 0.0308. The summed E-state index contributed by atoms with van der Waals surface area (Å²) in [6, 6.07) is 6.79. The van der Waals surface area contributed by atoms with Gasteiger partial charge in [0.2, 0.25) is 11.8 Å². The molecule has 0 aliphatic carbocycles. The van der Waals surface area contributed by atoms with Gasteiger partial charge in [-0.1, -0.05) is 23.7 Å². The minimum Gasteiger partial charge on any atom is -0.336 e. The number of benzene rings is 1. The van der Waals surface area contributed by atoms with E-state index in [1.165, 1.54) is 11.9 Å². The molecule has 120 valence electrons. The number of halogens is 1. The van der Waals surface area contributed by atoms with Crippen molar-refractivity contribution in [1.29, 1.82) is 0 Å². The maximum Gasteiger partial charge on any atom is 0.244 e. The number of anilines is 1. The third-order valence-corrected chi connectivity index (χ3v) is 5.58. The Labute approximate surface area is 134 Å². The number of hydrogen-bond donors (Lipinski definition) is 1. The van der Waals surface area contributed by atoms with Crippen LogP contribution in [0.2, 0.25) is 5.02 Å². The summed E-state index contributed by atoms with van der Waals surface area (Å²) in [5.41, 5.74) is 0.471. The van der Waals surface area contributed by atoms with Crippen LogP contribution in [0.3, 0.4) is 0 Å². The molecule has 8 heteroatoms. The summed E-state index contributed by atoms with van der Waals surface area (Å²) in [7, 11) is -1.64. The third kappa shape index (κ3) is 4.20. The van der Waals surface area contributed by atoms with Crippen molar-refractivity contribution in [2.45, 2.75) is 6.42 Å². The molecule has 2 rings (SSSR count). The molecule has 1 heterocycles. The molecule has 0 radical (unpaired) electrons. The predicted octanol–water partition coefficient (Wildman–Crippen LogP) is 1.17. The predicted molar refractivity (Wildman–Crippen MR) is 84.5 cm³/mol. The fourth-order valence-corrected chi connectivity index (χ4v) is 4.26. The molecular formula is C14H17ClN2O4S. The summed E-state index contributed by atoms with van der Waals surface area (Å²) >= 11 is 5.94. The lowest BCUT2D eigenvalue weighted by Crippen LogP contribution is -2.39. The van der Waals surface area contributed by atoms with Crippen LogP contribution in [0.1, 0.15) is 6.42 Å².